The molecule has 1 aliphatic heterocycles. The summed E-state index contributed by atoms with van der Waals surface area (Å²) in [6, 6.07) is -1.30. The predicted molar refractivity (Wildman–Crippen MR) is 61.6 cm³/mol. The average molecular weight is 258 g/mol. The van der Waals surface area contributed by atoms with Crippen molar-refractivity contribution in [3.63, 3.8) is 0 Å². The highest BCUT2D eigenvalue weighted by molar-refractivity contribution is 5.91. The molecule has 102 valence electrons. The number of hydrogen-bond donors (Lipinski definition) is 3. The van der Waals surface area contributed by atoms with Gasteiger partial charge in [-0.15, -0.1) is 0 Å². The third kappa shape index (κ3) is 3.19. The fraction of sp³-hybridized carbons (Fsp3) is 0.727. The molecular formula is C11H18N2O5. The molecule has 7 heteroatoms. The van der Waals surface area contributed by atoms with Crippen molar-refractivity contribution in [2.75, 3.05) is 13.2 Å². The molecule has 0 bridgehead atoms. The Hall–Kier alpha value is -1.63. The second-order valence-corrected chi connectivity index (χ2v) is 4.62. The monoisotopic (exact) mass is 258 g/mol. The summed E-state index contributed by atoms with van der Waals surface area (Å²) in [4.78, 5) is 35.6. The first-order valence-corrected chi connectivity index (χ1v) is 5.80. The molecule has 0 aromatic heterocycles. The lowest BCUT2D eigenvalue weighted by Gasteiger charge is -2.21. The Morgan fingerprint density at radius 1 is 1.50 bits per heavy atom. The first-order valence-electron chi connectivity index (χ1n) is 5.80. The molecule has 0 spiro atoms. The SMILES string of the molecule is CC(C)N1CC(C(=O)N[C@H](CO)C(=O)O)CC1=O. The molecule has 1 aliphatic rings. The molecule has 0 aromatic rings. The van der Waals surface area contributed by atoms with Gasteiger partial charge < -0.3 is 20.4 Å². The zero-order valence-electron chi connectivity index (χ0n) is 10.4. The number of hydrogen-bond acceptors (Lipinski definition) is 4. The Morgan fingerprint density at radius 3 is 2.50 bits per heavy atom. The van der Waals surface area contributed by atoms with Gasteiger partial charge in [0.25, 0.3) is 0 Å². The summed E-state index contributed by atoms with van der Waals surface area (Å²) in [6.07, 6.45) is 0.0851. The second kappa shape index (κ2) is 5.81. The lowest BCUT2D eigenvalue weighted by atomic mass is 10.1. The van der Waals surface area contributed by atoms with Gasteiger partial charge in [0.15, 0.2) is 0 Å². The van der Waals surface area contributed by atoms with E-state index in [9.17, 15) is 14.4 Å². The fourth-order valence-electron chi connectivity index (χ4n) is 1.88. The van der Waals surface area contributed by atoms with Gasteiger partial charge in [0.1, 0.15) is 6.04 Å². The van der Waals surface area contributed by atoms with Gasteiger partial charge in [-0.25, -0.2) is 4.79 Å². The maximum Gasteiger partial charge on any atom is 0.328 e. The summed E-state index contributed by atoms with van der Waals surface area (Å²) in [5.74, 6) is -2.46. The molecule has 1 fully saturated rings. The van der Waals surface area contributed by atoms with E-state index in [0.717, 1.165) is 0 Å². The molecule has 1 rings (SSSR count). The van der Waals surface area contributed by atoms with E-state index in [0.29, 0.717) is 6.54 Å². The van der Waals surface area contributed by atoms with Crippen molar-refractivity contribution >= 4 is 17.8 Å². The summed E-state index contributed by atoms with van der Waals surface area (Å²) in [5, 5.41) is 19.7. The van der Waals surface area contributed by atoms with Gasteiger partial charge in [0.05, 0.1) is 12.5 Å². The number of rotatable bonds is 5. The molecular weight excluding hydrogens is 240 g/mol. The Morgan fingerprint density at radius 2 is 2.11 bits per heavy atom. The molecule has 0 aliphatic carbocycles. The first-order chi connectivity index (χ1) is 8.36. The van der Waals surface area contributed by atoms with Gasteiger partial charge in [-0.2, -0.15) is 0 Å². The highest BCUT2D eigenvalue weighted by Gasteiger charge is 2.36. The molecule has 7 nitrogen and oxygen atoms in total. The maximum atomic E-state index is 11.8. The zero-order chi connectivity index (χ0) is 13.9. The van der Waals surface area contributed by atoms with E-state index in [1.54, 1.807) is 4.90 Å². The summed E-state index contributed by atoms with van der Waals surface area (Å²) >= 11 is 0. The highest BCUT2D eigenvalue weighted by atomic mass is 16.4. The summed E-state index contributed by atoms with van der Waals surface area (Å²) < 4.78 is 0. The molecule has 18 heavy (non-hydrogen) atoms. The molecule has 2 amide bonds. The van der Waals surface area contributed by atoms with Crippen LogP contribution in [0.2, 0.25) is 0 Å². The molecule has 2 atom stereocenters. The molecule has 1 unspecified atom stereocenters. The minimum absolute atomic E-state index is 0.0170. The van der Waals surface area contributed by atoms with E-state index in [4.69, 9.17) is 10.2 Å². The second-order valence-electron chi connectivity index (χ2n) is 4.62. The molecule has 1 heterocycles. The number of aliphatic hydroxyl groups excluding tert-OH is 1. The van der Waals surface area contributed by atoms with Crippen LogP contribution < -0.4 is 5.32 Å². The number of nitrogens with one attached hydrogen (secondary N) is 1. The van der Waals surface area contributed by atoms with E-state index in [1.807, 2.05) is 13.8 Å². The Balaban J connectivity index is 2.59. The van der Waals surface area contributed by atoms with Crippen LogP contribution in [0.15, 0.2) is 0 Å². The summed E-state index contributed by atoms with van der Waals surface area (Å²) in [7, 11) is 0. The third-order valence-electron chi connectivity index (χ3n) is 2.95. The Labute approximate surface area is 105 Å². The van der Waals surface area contributed by atoms with Gasteiger partial charge in [-0.05, 0) is 13.8 Å². The molecule has 3 N–H and O–H groups in total. The van der Waals surface area contributed by atoms with Crippen molar-refractivity contribution in [3.8, 4) is 0 Å². The van der Waals surface area contributed by atoms with Crippen LogP contribution in [0.25, 0.3) is 0 Å². The van der Waals surface area contributed by atoms with E-state index in [2.05, 4.69) is 5.32 Å². The van der Waals surface area contributed by atoms with Gasteiger partial charge >= 0.3 is 5.97 Å². The van der Waals surface area contributed by atoms with Crippen LogP contribution in [-0.2, 0) is 14.4 Å². The van der Waals surface area contributed by atoms with E-state index in [1.165, 1.54) is 0 Å². The number of carbonyl (C=O) groups excluding carboxylic acids is 2. The number of nitrogens with zero attached hydrogens (tertiary/aromatic N) is 1. The van der Waals surface area contributed by atoms with Crippen molar-refractivity contribution < 1.29 is 24.6 Å². The van der Waals surface area contributed by atoms with Gasteiger partial charge in [-0.3, -0.25) is 9.59 Å². The van der Waals surface area contributed by atoms with Gasteiger partial charge in [0.2, 0.25) is 11.8 Å². The van der Waals surface area contributed by atoms with Crippen LogP contribution in [0, 0.1) is 5.92 Å². The first kappa shape index (κ1) is 14.4. The molecule has 0 aromatic carbocycles. The van der Waals surface area contributed by atoms with Crippen LogP contribution in [0.5, 0.6) is 0 Å². The average Bonchev–Trinajstić information content (AvgIpc) is 2.67. The summed E-state index contributed by atoms with van der Waals surface area (Å²) in [5.41, 5.74) is 0. The fourth-order valence-corrected chi connectivity index (χ4v) is 1.88. The van der Waals surface area contributed by atoms with E-state index >= 15 is 0 Å². The number of carbonyl (C=O) groups is 3. The standard InChI is InChI=1S/C11H18N2O5/c1-6(2)13-4-7(3-9(13)15)10(16)12-8(5-14)11(17)18/h6-8,14H,3-5H2,1-2H3,(H,12,16)(H,17,18)/t7?,8-/m1/s1. The number of carboxylic acid groups (broad SMARTS) is 1. The van der Waals surface area contributed by atoms with Gasteiger partial charge in [0, 0.05) is 19.0 Å². The van der Waals surface area contributed by atoms with Crippen molar-refractivity contribution in [1.82, 2.24) is 10.2 Å². The van der Waals surface area contributed by atoms with Crippen molar-refractivity contribution in [1.29, 1.82) is 0 Å². The van der Waals surface area contributed by atoms with Crippen LogP contribution in [0.4, 0.5) is 0 Å². The van der Waals surface area contributed by atoms with Crippen LogP contribution in [0.1, 0.15) is 20.3 Å². The minimum Gasteiger partial charge on any atom is -0.480 e. The van der Waals surface area contributed by atoms with Crippen LogP contribution in [0.3, 0.4) is 0 Å². The minimum atomic E-state index is -1.32. The Kier molecular flexibility index (Phi) is 4.66. The number of carboxylic acids is 1. The third-order valence-corrected chi connectivity index (χ3v) is 2.95. The molecule has 0 saturated carbocycles. The van der Waals surface area contributed by atoms with Crippen LogP contribution in [-0.4, -0.2) is 58.1 Å². The number of aliphatic carboxylic acids is 1. The zero-order valence-corrected chi connectivity index (χ0v) is 10.4. The van der Waals surface area contributed by atoms with Crippen LogP contribution >= 0.6 is 0 Å². The van der Waals surface area contributed by atoms with E-state index < -0.39 is 30.4 Å². The van der Waals surface area contributed by atoms with E-state index in [-0.39, 0.29) is 18.4 Å². The quantitative estimate of drug-likeness (QED) is 0.574. The largest absolute Gasteiger partial charge is 0.480 e. The van der Waals surface area contributed by atoms with Crippen molar-refractivity contribution in [3.05, 3.63) is 0 Å². The highest BCUT2D eigenvalue weighted by Crippen LogP contribution is 2.20. The summed E-state index contributed by atoms with van der Waals surface area (Å²) in [6.45, 7) is 3.33. The molecule has 0 radical (unpaired) electrons. The number of aliphatic hydroxyl groups is 1. The van der Waals surface area contributed by atoms with Crippen molar-refractivity contribution in [2.45, 2.75) is 32.4 Å². The smallest absolute Gasteiger partial charge is 0.328 e. The van der Waals surface area contributed by atoms with Gasteiger partial charge in [-0.1, -0.05) is 0 Å². The Bertz CT molecular complexity index is 355. The topological polar surface area (TPSA) is 107 Å². The molecule has 1 saturated heterocycles. The predicted octanol–water partition coefficient (Wildman–Crippen LogP) is -1.19. The lowest BCUT2D eigenvalue weighted by Crippen LogP contribution is -2.46. The van der Waals surface area contributed by atoms with Crippen molar-refractivity contribution in [2.24, 2.45) is 5.92 Å². The normalized spacial score (nSPS) is 21.2. The number of likely N-dealkylation sites (tertiary alicyclic amines) is 1. The number of amides is 2. The maximum absolute atomic E-state index is 11.8. The lowest BCUT2D eigenvalue weighted by molar-refractivity contribution is -0.143.